The molecule has 0 bridgehead atoms. The van der Waals surface area contributed by atoms with E-state index < -0.39 is 17.4 Å². The molecule has 0 unspecified atom stereocenters. The second-order valence-electron chi connectivity index (χ2n) is 7.00. The largest absolute Gasteiger partial charge is 0.489 e. The zero-order chi connectivity index (χ0) is 20.3. The summed E-state index contributed by atoms with van der Waals surface area (Å²) in [7, 11) is 3.01. The number of nitrogens with two attached hydrogens (primary N) is 1. The van der Waals surface area contributed by atoms with Crippen molar-refractivity contribution in [2.45, 2.75) is 12.6 Å². The molecule has 0 spiro atoms. The summed E-state index contributed by atoms with van der Waals surface area (Å²) < 4.78 is 15.7. The van der Waals surface area contributed by atoms with E-state index in [1.165, 1.54) is 17.8 Å². The van der Waals surface area contributed by atoms with Gasteiger partial charge >= 0.3 is 5.69 Å². The number of nitrogens with zero attached hydrogens (tertiary/aromatic N) is 5. The number of hydrogen-bond acceptors (Lipinski definition) is 8. The Bertz CT molecular complexity index is 1300. The highest BCUT2D eigenvalue weighted by Crippen LogP contribution is 2.38. The molecule has 2 aromatic heterocycles. The molecule has 11 nitrogen and oxygen atoms in total. The first-order valence-corrected chi connectivity index (χ1v) is 9.12. The summed E-state index contributed by atoms with van der Waals surface area (Å²) in [6, 6.07) is 3.62. The standard InChI is InChI=1S/C18H19N7O4/c1-23-8-9(15(26)24(2)18(23)27)14-21-16(19)22-17-20-10-6-12-13(7-11(10)25(14)17)29-5-3-4-28-12/h6-8,14H,3-5H2,1-2H3,(H3,19,20,21,22)/t14-/m1/s1. The van der Waals surface area contributed by atoms with Gasteiger partial charge in [0.15, 0.2) is 23.6 Å². The van der Waals surface area contributed by atoms with Crippen LogP contribution in [0.4, 0.5) is 5.95 Å². The molecule has 1 aromatic carbocycles. The van der Waals surface area contributed by atoms with Gasteiger partial charge in [0.1, 0.15) is 0 Å². The third-order valence-electron chi connectivity index (χ3n) is 5.06. The molecule has 3 aromatic rings. The summed E-state index contributed by atoms with van der Waals surface area (Å²) in [5, 5.41) is 2.93. The van der Waals surface area contributed by atoms with Gasteiger partial charge in [-0.15, -0.1) is 0 Å². The average Bonchev–Trinajstić information content (AvgIpc) is 2.88. The lowest BCUT2D eigenvalue weighted by Gasteiger charge is -2.24. The Labute approximate surface area is 164 Å². The van der Waals surface area contributed by atoms with Crippen LogP contribution < -0.4 is 31.8 Å². The summed E-state index contributed by atoms with van der Waals surface area (Å²) in [5.41, 5.74) is 6.74. The molecule has 4 heterocycles. The lowest BCUT2D eigenvalue weighted by molar-refractivity contribution is 0.297. The van der Waals surface area contributed by atoms with E-state index in [1.54, 1.807) is 17.7 Å². The summed E-state index contributed by atoms with van der Waals surface area (Å²) in [6.07, 6.45) is 1.48. The molecule has 3 N–H and O–H groups in total. The first kappa shape index (κ1) is 17.3. The van der Waals surface area contributed by atoms with Crippen LogP contribution in [0.3, 0.4) is 0 Å². The molecule has 0 radical (unpaired) electrons. The highest BCUT2D eigenvalue weighted by atomic mass is 16.5. The maximum absolute atomic E-state index is 12.8. The van der Waals surface area contributed by atoms with Gasteiger partial charge in [-0.25, -0.2) is 14.8 Å². The van der Waals surface area contributed by atoms with Crippen LogP contribution in [0.15, 0.2) is 32.9 Å². The number of nitrogens with one attached hydrogen (secondary N) is 1. The molecule has 0 saturated heterocycles. The molecule has 0 amide bonds. The number of aliphatic imine (C=N–C) groups is 1. The molecule has 150 valence electrons. The highest BCUT2D eigenvalue weighted by Gasteiger charge is 2.29. The minimum atomic E-state index is -0.786. The molecular weight excluding hydrogens is 378 g/mol. The molecule has 2 aliphatic heterocycles. The van der Waals surface area contributed by atoms with Gasteiger partial charge in [-0.2, -0.15) is 0 Å². The Morgan fingerprint density at radius 3 is 2.66 bits per heavy atom. The number of aryl methyl sites for hydroxylation is 1. The van der Waals surface area contributed by atoms with Crippen molar-refractivity contribution >= 4 is 22.9 Å². The summed E-state index contributed by atoms with van der Waals surface area (Å²) in [6.45, 7) is 1.12. The Hall–Kier alpha value is -3.76. The Morgan fingerprint density at radius 2 is 1.90 bits per heavy atom. The number of guanidine groups is 1. The second-order valence-corrected chi connectivity index (χ2v) is 7.00. The van der Waals surface area contributed by atoms with E-state index >= 15 is 0 Å². The topological polar surface area (TPSA) is 131 Å². The van der Waals surface area contributed by atoms with E-state index in [9.17, 15) is 9.59 Å². The number of rotatable bonds is 1. The summed E-state index contributed by atoms with van der Waals surface area (Å²) >= 11 is 0. The third-order valence-corrected chi connectivity index (χ3v) is 5.06. The first-order chi connectivity index (χ1) is 13.9. The summed E-state index contributed by atoms with van der Waals surface area (Å²) in [5.74, 6) is 1.79. The molecule has 5 rings (SSSR count). The number of benzene rings is 1. The monoisotopic (exact) mass is 397 g/mol. The second kappa shape index (κ2) is 6.12. The zero-order valence-corrected chi connectivity index (χ0v) is 15.9. The maximum Gasteiger partial charge on any atom is 0.330 e. The smallest absolute Gasteiger partial charge is 0.330 e. The fraction of sp³-hybridized carbons (Fsp3) is 0.333. The molecule has 0 saturated carbocycles. The van der Waals surface area contributed by atoms with E-state index in [-0.39, 0.29) is 5.96 Å². The Kier molecular flexibility index (Phi) is 3.66. The number of imidazole rings is 1. The number of fused-ring (bicyclic) bond motifs is 4. The van der Waals surface area contributed by atoms with Gasteiger partial charge < -0.3 is 19.8 Å². The highest BCUT2D eigenvalue weighted by molar-refractivity contribution is 5.95. The van der Waals surface area contributed by atoms with E-state index in [2.05, 4.69) is 15.3 Å². The van der Waals surface area contributed by atoms with Crippen LogP contribution in [0.1, 0.15) is 18.2 Å². The number of hydrogen-bond donors (Lipinski definition) is 2. The predicted octanol–water partition coefficient (Wildman–Crippen LogP) is -0.118. The predicted molar refractivity (Wildman–Crippen MR) is 106 cm³/mol. The zero-order valence-electron chi connectivity index (χ0n) is 15.9. The van der Waals surface area contributed by atoms with E-state index in [0.717, 1.165) is 11.0 Å². The molecule has 2 aliphatic rings. The van der Waals surface area contributed by atoms with Crippen LogP contribution in [0.2, 0.25) is 0 Å². The van der Waals surface area contributed by atoms with Gasteiger partial charge in [0, 0.05) is 38.8 Å². The molecule has 29 heavy (non-hydrogen) atoms. The summed E-state index contributed by atoms with van der Waals surface area (Å²) in [4.78, 5) is 33.9. The van der Waals surface area contributed by atoms with Gasteiger partial charge in [-0.1, -0.05) is 0 Å². The van der Waals surface area contributed by atoms with Gasteiger partial charge in [-0.3, -0.25) is 19.2 Å². The molecule has 0 aliphatic carbocycles. The van der Waals surface area contributed by atoms with Gasteiger partial charge in [-0.05, 0) is 0 Å². The van der Waals surface area contributed by atoms with Crippen molar-refractivity contribution in [1.82, 2.24) is 18.7 Å². The van der Waals surface area contributed by atoms with Crippen molar-refractivity contribution in [2.24, 2.45) is 24.8 Å². The molecule has 1 atom stereocenters. The van der Waals surface area contributed by atoms with Crippen LogP contribution in [0, 0.1) is 0 Å². The normalized spacial score (nSPS) is 18.0. The fourth-order valence-corrected chi connectivity index (χ4v) is 3.65. The van der Waals surface area contributed by atoms with Crippen LogP contribution >= 0.6 is 0 Å². The van der Waals surface area contributed by atoms with Gasteiger partial charge in [0.25, 0.3) is 5.56 Å². The molecular formula is C18H19N7O4. The van der Waals surface area contributed by atoms with Crippen LogP contribution in [0.5, 0.6) is 11.5 Å². The van der Waals surface area contributed by atoms with Gasteiger partial charge in [0.2, 0.25) is 5.95 Å². The van der Waals surface area contributed by atoms with Crippen molar-refractivity contribution in [2.75, 3.05) is 18.5 Å². The SMILES string of the molecule is Cn1cc([C@@H]2N=C(N)Nc3nc4cc5c(cc4n32)OCCCO5)c(=O)n(C)c1=O. The van der Waals surface area contributed by atoms with Crippen molar-refractivity contribution in [3.63, 3.8) is 0 Å². The van der Waals surface area contributed by atoms with Crippen molar-refractivity contribution in [1.29, 1.82) is 0 Å². The lowest BCUT2D eigenvalue weighted by atomic mass is 10.2. The fourth-order valence-electron chi connectivity index (χ4n) is 3.65. The molecule has 0 fully saturated rings. The number of ether oxygens (including phenoxy) is 2. The maximum atomic E-state index is 12.8. The van der Waals surface area contributed by atoms with Crippen molar-refractivity contribution in [3.05, 3.63) is 44.7 Å². The molecule has 11 heteroatoms. The average molecular weight is 397 g/mol. The van der Waals surface area contributed by atoms with Gasteiger partial charge in [0.05, 0.1) is 29.8 Å². The Balaban J connectivity index is 1.77. The quantitative estimate of drug-likeness (QED) is 0.585. The van der Waals surface area contributed by atoms with E-state index in [4.69, 9.17) is 15.2 Å². The van der Waals surface area contributed by atoms with Crippen LogP contribution in [0.25, 0.3) is 11.0 Å². The minimum absolute atomic E-state index is 0.128. The lowest BCUT2D eigenvalue weighted by Crippen LogP contribution is -2.41. The van der Waals surface area contributed by atoms with Crippen molar-refractivity contribution < 1.29 is 9.47 Å². The Morgan fingerprint density at radius 1 is 1.17 bits per heavy atom. The number of anilines is 1. The van der Waals surface area contributed by atoms with Crippen molar-refractivity contribution in [3.8, 4) is 11.5 Å². The van der Waals surface area contributed by atoms with Crippen LogP contribution in [-0.2, 0) is 14.1 Å². The third kappa shape index (κ3) is 2.57. The number of aromatic nitrogens is 4. The van der Waals surface area contributed by atoms with Crippen LogP contribution in [-0.4, -0.2) is 37.9 Å². The van der Waals surface area contributed by atoms with E-state index in [1.807, 2.05) is 6.07 Å². The minimum Gasteiger partial charge on any atom is -0.489 e. The van der Waals surface area contributed by atoms with E-state index in [0.29, 0.717) is 47.3 Å². The first-order valence-electron chi connectivity index (χ1n) is 9.12.